The van der Waals surface area contributed by atoms with Crippen LogP contribution in [-0.2, 0) is 0 Å². The fraction of sp³-hybridized carbons (Fsp3) is 0.500. The Morgan fingerprint density at radius 2 is 2.15 bits per heavy atom. The largest absolute Gasteiger partial charge is 0.475 e. The average molecular weight is 182 g/mol. The third-order valence-corrected chi connectivity index (χ3v) is 1.45. The van der Waals surface area contributed by atoms with Crippen molar-refractivity contribution in [3.8, 4) is 5.88 Å². The first-order chi connectivity index (χ1) is 6.18. The zero-order chi connectivity index (χ0) is 9.68. The molecule has 2 N–H and O–H groups in total. The van der Waals surface area contributed by atoms with Gasteiger partial charge in [-0.2, -0.15) is 0 Å². The average Bonchev–Trinajstić information content (AvgIpc) is 2.08. The minimum absolute atomic E-state index is 0.403. The zero-order valence-corrected chi connectivity index (χ0v) is 7.90. The molecule has 0 aliphatic rings. The summed E-state index contributed by atoms with van der Waals surface area (Å²) in [7, 11) is 3.97. The van der Waals surface area contributed by atoms with Gasteiger partial charge >= 0.3 is 0 Å². The highest BCUT2D eigenvalue weighted by Crippen LogP contribution is 2.04. The molecule has 0 amide bonds. The van der Waals surface area contributed by atoms with Gasteiger partial charge in [0, 0.05) is 12.6 Å². The molecule has 0 radical (unpaired) electrons. The van der Waals surface area contributed by atoms with Gasteiger partial charge in [0.2, 0.25) is 5.88 Å². The van der Waals surface area contributed by atoms with Gasteiger partial charge in [-0.1, -0.05) is 0 Å². The molecule has 0 saturated heterocycles. The number of anilines is 1. The smallest absolute Gasteiger partial charge is 0.233 e. The number of ether oxygens (including phenoxy) is 1. The predicted molar refractivity (Wildman–Crippen MR) is 50.5 cm³/mol. The molecule has 72 valence electrons. The van der Waals surface area contributed by atoms with Gasteiger partial charge in [0.15, 0.2) is 0 Å². The van der Waals surface area contributed by atoms with Crippen LogP contribution in [-0.4, -0.2) is 42.3 Å². The molecule has 0 aliphatic heterocycles. The summed E-state index contributed by atoms with van der Waals surface area (Å²) in [5, 5.41) is 7.43. The maximum absolute atomic E-state index is 5.37. The summed E-state index contributed by atoms with van der Waals surface area (Å²) in [6, 6.07) is 3.37. The lowest BCUT2D eigenvalue weighted by atomic mass is 10.5. The quantitative estimate of drug-likeness (QED) is 0.710. The van der Waals surface area contributed by atoms with Crippen molar-refractivity contribution in [3.63, 3.8) is 0 Å². The number of nitrogens with two attached hydrogens (primary N) is 1. The second-order valence-corrected chi connectivity index (χ2v) is 2.95. The number of likely N-dealkylation sites (N-methyl/N-ethyl adjacent to an activating group) is 1. The topological polar surface area (TPSA) is 64.3 Å². The maximum atomic E-state index is 5.37. The maximum Gasteiger partial charge on any atom is 0.233 e. The Labute approximate surface area is 77.5 Å². The molecular weight excluding hydrogens is 168 g/mol. The van der Waals surface area contributed by atoms with Crippen LogP contribution < -0.4 is 10.5 Å². The SMILES string of the molecule is CN(C)CCOc1ccc(N)nn1. The number of rotatable bonds is 4. The predicted octanol–water partition coefficient (Wildman–Crippen LogP) is -0.000800. The van der Waals surface area contributed by atoms with Crippen LogP contribution in [0, 0.1) is 0 Å². The summed E-state index contributed by atoms with van der Waals surface area (Å²) in [6.07, 6.45) is 0. The fourth-order valence-electron chi connectivity index (χ4n) is 0.740. The summed E-state index contributed by atoms with van der Waals surface area (Å²) in [6.45, 7) is 1.46. The number of nitrogen functional groups attached to an aromatic ring is 1. The summed E-state index contributed by atoms with van der Waals surface area (Å²) < 4.78 is 5.30. The van der Waals surface area contributed by atoms with E-state index in [2.05, 4.69) is 10.2 Å². The second kappa shape index (κ2) is 4.61. The molecule has 0 saturated carbocycles. The van der Waals surface area contributed by atoms with Gasteiger partial charge in [0.05, 0.1) is 0 Å². The van der Waals surface area contributed by atoms with E-state index < -0.39 is 0 Å². The molecule has 1 aromatic heterocycles. The third-order valence-electron chi connectivity index (χ3n) is 1.45. The lowest BCUT2D eigenvalue weighted by Crippen LogP contribution is -2.19. The number of aromatic nitrogens is 2. The van der Waals surface area contributed by atoms with Crippen LogP contribution >= 0.6 is 0 Å². The highest BCUT2D eigenvalue weighted by Gasteiger charge is 1.96. The van der Waals surface area contributed by atoms with E-state index in [1.165, 1.54) is 0 Å². The molecule has 0 unspecified atom stereocenters. The molecule has 0 fully saturated rings. The minimum atomic E-state index is 0.403. The van der Waals surface area contributed by atoms with Crippen molar-refractivity contribution < 1.29 is 4.74 Å². The summed E-state index contributed by atoms with van der Waals surface area (Å²) in [5.41, 5.74) is 5.37. The van der Waals surface area contributed by atoms with Crippen LogP contribution in [0.4, 0.5) is 5.82 Å². The van der Waals surface area contributed by atoms with E-state index in [4.69, 9.17) is 10.5 Å². The number of hydrogen-bond acceptors (Lipinski definition) is 5. The molecule has 0 aliphatic carbocycles. The zero-order valence-electron chi connectivity index (χ0n) is 7.90. The Morgan fingerprint density at radius 3 is 2.69 bits per heavy atom. The van der Waals surface area contributed by atoms with Crippen molar-refractivity contribution in [2.75, 3.05) is 33.0 Å². The second-order valence-electron chi connectivity index (χ2n) is 2.95. The van der Waals surface area contributed by atoms with Crippen LogP contribution in [0.1, 0.15) is 0 Å². The molecule has 0 aromatic carbocycles. The van der Waals surface area contributed by atoms with Crippen molar-refractivity contribution in [1.29, 1.82) is 0 Å². The molecule has 0 spiro atoms. The first-order valence-corrected chi connectivity index (χ1v) is 4.05. The molecule has 1 heterocycles. The molecule has 0 atom stereocenters. The van der Waals surface area contributed by atoms with Gasteiger partial charge in [-0.05, 0) is 20.2 Å². The van der Waals surface area contributed by atoms with E-state index in [0.717, 1.165) is 6.54 Å². The summed E-state index contributed by atoms with van der Waals surface area (Å²) >= 11 is 0. The minimum Gasteiger partial charge on any atom is -0.475 e. The first kappa shape index (κ1) is 9.73. The van der Waals surface area contributed by atoms with Crippen molar-refractivity contribution in [3.05, 3.63) is 12.1 Å². The summed E-state index contributed by atoms with van der Waals surface area (Å²) in [4.78, 5) is 2.03. The van der Waals surface area contributed by atoms with E-state index >= 15 is 0 Å². The summed E-state index contributed by atoms with van der Waals surface area (Å²) in [5.74, 6) is 0.913. The molecular formula is C8H14N4O. The molecule has 1 aromatic rings. The highest BCUT2D eigenvalue weighted by atomic mass is 16.5. The molecule has 0 bridgehead atoms. The van der Waals surface area contributed by atoms with Crippen molar-refractivity contribution in [2.24, 2.45) is 0 Å². The van der Waals surface area contributed by atoms with Gasteiger partial charge in [0.25, 0.3) is 0 Å². The molecule has 1 rings (SSSR count). The van der Waals surface area contributed by atoms with E-state index in [9.17, 15) is 0 Å². The Morgan fingerprint density at radius 1 is 1.38 bits per heavy atom. The van der Waals surface area contributed by atoms with Crippen molar-refractivity contribution in [1.82, 2.24) is 15.1 Å². The number of nitrogens with zero attached hydrogens (tertiary/aromatic N) is 3. The van der Waals surface area contributed by atoms with Crippen molar-refractivity contribution in [2.45, 2.75) is 0 Å². The molecule has 13 heavy (non-hydrogen) atoms. The third kappa shape index (κ3) is 3.71. The normalized spacial score (nSPS) is 10.4. The van der Waals surface area contributed by atoms with Crippen LogP contribution in [0.2, 0.25) is 0 Å². The highest BCUT2D eigenvalue weighted by molar-refractivity contribution is 5.27. The Hall–Kier alpha value is -1.36. The molecule has 5 heteroatoms. The monoisotopic (exact) mass is 182 g/mol. The first-order valence-electron chi connectivity index (χ1n) is 4.05. The number of hydrogen-bond donors (Lipinski definition) is 1. The van der Waals surface area contributed by atoms with Gasteiger partial charge in [-0.3, -0.25) is 0 Å². The van der Waals surface area contributed by atoms with E-state index in [0.29, 0.717) is 18.3 Å². The van der Waals surface area contributed by atoms with Crippen LogP contribution in [0.3, 0.4) is 0 Å². The Bertz CT molecular complexity index is 247. The van der Waals surface area contributed by atoms with Crippen LogP contribution in [0.15, 0.2) is 12.1 Å². The fourth-order valence-corrected chi connectivity index (χ4v) is 0.740. The van der Waals surface area contributed by atoms with Gasteiger partial charge in [-0.25, -0.2) is 0 Å². The van der Waals surface area contributed by atoms with Crippen molar-refractivity contribution >= 4 is 5.82 Å². The lowest BCUT2D eigenvalue weighted by Gasteiger charge is -2.09. The van der Waals surface area contributed by atoms with Crippen LogP contribution in [0.5, 0.6) is 5.88 Å². The van der Waals surface area contributed by atoms with Crippen LogP contribution in [0.25, 0.3) is 0 Å². The Kier molecular flexibility index (Phi) is 3.45. The Balaban J connectivity index is 2.33. The van der Waals surface area contributed by atoms with E-state index in [1.54, 1.807) is 12.1 Å². The van der Waals surface area contributed by atoms with Gasteiger partial charge in [0.1, 0.15) is 12.4 Å². The van der Waals surface area contributed by atoms with Gasteiger partial charge in [-0.15, -0.1) is 10.2 Å². The lowest BCUT2D eigenvalue weighted by molar-refractivity contribution is 0.252. The van der Waals surface area contributed by atoms with Gasteiger partial charge < -0.3 is 15.4 Å². The molecule has 5 nitrogen and oxygen atoms in total. The van der Waals surface area contributed by atoms with E-state index in [-0.39, 0.29) is 0 Å². The standard InChI is InChI=1S/C8H14N4O/c1-12(2)5-6-13-8-4-3-7(9)10-11-8/h3-4H,5-6H2,1-2H3,(H2,9,10). The van der Waals surface area contributed by atoms with E-state index in [1.807, 2.05) is 19.0 Å².